The van der Waals surface area contributed by atoms with Gasteiger partial charge in [-0.25, -0.2) is 0 Å². The Balaban J connectivity index is 0. The van der Waals surface area contributed by atoms with Gasteiger partial charge in [-0.15, -0.1) is 0 Å². The summed E-state index contributed by atoms with van der Waals surface area (Å²) in [7, 11) is -4.32. The molecular weight excluding hydrogens is 146 g/mol. The second-order valence-corrected chi connectivity index (χ2v) is 2.65. The Bertz CT molecular complexity index is 172. The molecule has 6 heteroatoms. The Labute approximate surface area is 53.3 Å². The SMILES string of the molecule is C=CC(O)S(=O)(=O)O.N. The van der Waals surface area contributed by atoms with Gasteiger partial charge in [-0.1, -0.05) is 6.58 Å². The van der Waals surface area contributed by atoms with Gasteiger partial charge < -0.3 is 11.3 Å². The molecule has 0 bridgehead atoms. The van der Waals surface area contributed by atoms with Crippen LogP contribution in [-0.2, 0) is 10.1 Å². The third-order valence-corrected chi connectivity index (χ3v) is 1.31. The lowest BCUT2D eigenvalue weighted by Gasteiger charge is -1.96. The van der Waals surface area contributed by atoms with Crippen LogP contribution in [0.4, 0.5) is 0 Å². The van der Waals surface area contributed by atoms with Gasteiger partial charge in [-0.2, -0.15) is 8.42 Å². The van der Waals surface area contributed by atoms with E-state index in [9.17, 15) is 8.42 Å². The van der Waals surface area contributed by atoms with Gasteiger partial charge in [0.05, 0.1) is 0 Å². The number of hydrogen-bond acceptors (Lipinski definition) is 4. The zero-order valence-electron chi connectivity index (χ0n) is 4.69. The van der Waals surface area contributed by atoms with Gasteiger partial charge in [0.25, 0.3) is 10.1 Å². The molecule has 0 spiro atoms. The molecule has 0 aliphatic carbocycles. The van der Waals surface area contributed by atoms with Crippen molar-refractivity contribution >= 4 is 10.1 Å². The summed E-state index contributed by atoms with van der Waals surface area (Å²) >= 11 is 0. The molecule has 0 aromatic heterocycles. The van der Waals surface area contributed by atoms with Gasteiger partial charge in [0, 0.05) is 0 Å². The van der Waals surface area contributed by atoms with Crippen molar-refractivity contribution in [3.63, 3.8) is 0 Å². The van der Waals surface area contributed by atoms with Crippen molar-refractivity contribution in [2.75, 3.05) is 0 Å². The maximum atomic E-state index is 9.80. The molecule has 0 rings (SSSR count). The van der Waals surface area contributed by atoms with Gasteiger partial charge in [-0.3, -0.25) is 4.55 Å². The van der Waals surface area contributed by atoms with Gasteiger partial charge in [-0.05, 0) is 6.08 Å². The quantitative estimate of drug-likeness (QED) is 0.369. The highest BCUT2D eigenvalue weighted by Gasteiger charge is 2.13. The normalized spacial score (nSPS) is 13.6. The number of aliphatic hydroxyl groups excluding tert-OH is 1. The van der Waals surface area contributed by atoms with Crippen molar-refractivity contribution in [1.29, 1.82) is 0 Å². The summed E-state index contributed by atoms with van der Waals surface area (Å²) in [6.45, 7) is 2.94. The second-order valence-electron chi connectivity index (χ2n) is 1.14. The van der Waals surface area contributed by atoms with Crippen LogP contribution in [-0.4, -0.2) is 23.5 Å². The average molecular weight is 155 g/mol. The van der Waals surface area contributed by atoms with E-state index >= 15 is 0 Å². The Morgan fingerprint density at radius 3 is 1.89 bits per heavy atom. The van der Waals surface area contributed by atoms with E-state index < -0.39 is 15.6 Å². The van der Waals surface area contributed by atoms with E-state index in [-0.39, 0.29) is 6.15 Å². The van der Waals surface area contributed by atoms with Crippen LogP contribution in [0.1, 0.15) is 0 Å². The second kappa shape index (κ2) is 3.57. The fraction of sp³-hybridized carbons (Fsp3) is 0.333. The van der Waals surface area contributed by atoms with E-state index in [0.717, 1.165) is 6.08 Å². The molecule has 0 aliphatic rings. The topological polar surface area (TPSA) is 110 Å². The Morgan fingerprint density at radius 2 is 1.89 bits per heavy atom. The third kappa shape index (κ3) is 4.10. The van der Waals surface area contributed by atoms with Crippen molar-refractivity contribution in [2.24, 2.45) is 0 Å². The zero-order valence-corrected chi connectivity index (χ0v) is 5.50. The lowest BCUT2D eigenvalue weighted by Crippen LogP contribution is -2.15. The summed E-state index contributed by atoms with van der Waals surface area (Å²) in [6.07, 6.45) is 0.718. The molecule has 1 unspecified atom stereocenters. The summed E-state index contributed by atoms with van der Waals surface area (Å²) in [5, 5.41) is 8.24. The molecule has 5 N–H and O–H groups in total. The first-order valence-electron chi connectivity index (χ1n) is 1.75. The first-order valence-corrected chi connectivity index (χ1v) is 3.25. The summed E-state index contributed by atoms with van der Waals surface area (Å²) in [6, 6.07) is 0. The Hall–Kier alpha value is -0.430. The minimum atomic E-state index is -4.32. The van der Waals surface area contributed by atoms with E-state index in [2.05, 4.69) is 6.58 Å². The largest absolute Gasteiger partial charge is 0.372 e. The molecule has 0 amide bonds. The van der Waals surface area contributed by atoms with E-state index in [1.807, 2.05) is 0 Å². The summed E-state index contributed by atoms with van der Waals surface area (Å²) in [4.78, 5) is 0. The van der Waals surface area contributed by atoms with Crippen molar-refractivity contribution in [1.82, 2.24) is 6.15 Å². The highest BCUT2D eigenvalue weighted by Crippen LogP contribution is 1.92. The maximum absolute atomic E-state index is 9.80. The van der Waals surface area contributed by atoms with Crippen LogP contribution in [0.2, 0.25) is 0 Å². The number of rotatable bonds is 2. The lowest BCUT2D eigenvalue weighted by atomic mass is 10.7. The molecule has 5 nitrogen and oxygen atoms in total. The first-order chi connectivity index (χ1) is 3.48. The summed E-state index contributed by atoms with van der Waals surface area (Å²) in [5.74, 6) is 0. The highest BCUT2D eigenvalue weighted by atomic mass is 32.2. The van der Waals surface area contributed by atoms with Crippen LogP contribution in [0.5, 0.6) is 0 Å². The number of hydrogen-bond donors (Lipinski definition) is 3. The van der Waals surface area contributed by atoms with Crippen LogP contribution < -0.4 is 6.15 Å². The lowest BCUT2D eigenvalue weighted by molar-refractivity contribution is 0.276. The Morgan fingerprint density at radius 1 is 1.56 bits per heavy atom. The smallest absolute Gasteiger partial charge is 0.295 e. The van der Waals surface area contributed by atoms with Crippen LogP contribution in [0.3, 0.4) is 0 Å². The standard InChI is InChI=1S/C3H6O4S.H3N/c1-2-3(4)8(5,6)7;/h2-4H,1H2,(H,5,6,7);1H3. The van der Waals surface area contributed by atoms with Crippen LogP contribution >= 0.6 is 0 Å². The molecule has 56 valence electrons. The summed E-state index contributed by atoms with van der Waals surface area (Å²) in [5.41, 5.74) is -1.86. The predicted molar refractivity (Wildman–Crippen MR) is 32.8 cm³/mol. The van der Waals surface area contributed by atoms with Crippen molar-refractivity contribution in [3.8, 4) is 0 Å². The monoisotopic (exact) mass is 155 g/mol. The minimum Gasteiger partial charge on any atom is -0.372 e. The van der Waals surface area contributed by atoms with Crippen molar-refractivity contribution < 1.29 is 18.1 Å². The first kappa shape index (κ1) is 11.4. The maximum Gasteiger partial charge on any atom is 0.295 e. The minimum absolute atomic E-state index is 0. The van der Waals surface area contributed by atoms with Crippen LogP contribution in [0.25, 0.3) is 0 Å². The van der Waals surface area contributed by atoms with Gasteiger partial charge >= 0.3 is 0 Å². The molecule has 1 atom stereocenters. The Kier molecular flexibility index (Phi) is 4.51. The molecule has 0 fully saturated rings. The van der Waals surface area contributed by atoms with Gasteiger partial charge in [0.2, 0.25) is 0 Å². The van der Waals surface area contributed by atoms with Crippen molar-refractivity contribution in [3.05, 3.63) is 12.7 Å². The van der Waals surface area contributed by atoms with Gasteiger partial charge in [0.1, 0.15) is 0 Å². The van der Waals surface area contributed by atoms with E-state index in [0.29, 0.717) is 0 Å². The molecule has 0 saturated carbocycles. The molecule has 0 aliphatic heterocycles. The van der Waals surface area contributed by atoms with Crippen molar-refractivity contribution in [2.45, 2.75) is 5.44 Å². The molecular formula is C3H9NO4S. The number of aliphatic hydroxyl groups is 1. The van der Waals surface area contributed by atoms with E-state index in [1.54, 1.807) is 0 Å². The molecule has 0 saturated heterocycles. The fourth-order valence-electron chi connectivity index (χ4n) is 0.122. The molecule has 0 aromatic carbocycles. The van der Waals surface area contributed by atoms with E-state index in [1.165, 1.54) is 0 Å². The molecule has 9 heavy (non-hydrogen) atoms. The molecule has 0 aromatic rings. The predicted octanol–water partition coefficient (Wildman–Crippen LogP) is -0.459. The average Bonchev–Trinajstić information content (AvgIpc) is 1.62. The zero-order chi connectivity index (χ0) is 6.78. The van der Waals surface area contributed by atoms with E-state index in [4.69, 9.17) is 9.66 Å². The highest BCUT2D eigenvalue weighted by molar-refractivity contribution is 7.86. The van der Waals surface area contributed by atoms with Crippen LogP contribution in [0, 0.1) is 0 Å². The van der Waals surface area contributed by atoms with Crippen LogP contribution in [0.15, 0.2) is 12.7 Å². The molecule has 0 heterocycles. The van der Waals surface area contributed by atoms with Gasteiger partial charge in [0.15, 0.2) is 5.44 Å². The fourth-order valence-corrected chi connectivity index (χ4v) is 0.365. The summed E-state index contributed by atoms with van der Waals surface area (Å²) < 4.78 is 27.5. The molecule has 0 radical (unpaired) electrons. The third-order valence-electron chi connectivity index (χ3n) is 0.507.